The molecule has 1 aromatic heterocycles. The highest BCUT2D eigenvalue weighted by Crippen LogP contribution is 2.28. The number of aliphatic imine (C=N–C) groups is 1. The van der Waals surface area contributed by atoms with E-state index in [1.165, 1.54) is 6.26 Å². The van der Waals surface area contributed by atoms with E-state index in [0.717, 1.165) is 29.9 Å². The number of nitrogens with zero attached hydrogens (tertiary/aromatic N) is 2. The molecule has 2 N–H and O–H groups in total. The molecule has 2 heterocycles. The molecule has 0 amide bonds. The van der Waals surface area contributed by atoms with Crippen LogP contribution in [0, 0.1) is 0 Å². The standard InChI is InChI=1S/C18H32N4O4S.HI/c1-5-15-14(16(6-2)26-22-15)12-20-17(19-7-3)21-13-18(27(4,23)24)8-10-25-11-9-18;/h5-13H2,1-4H3,(H2,19,20,21);1H. The summed E-state index contributed by atoms with van der Waals surface area (Å²) in [5.74, 6) is 1.45. The Labute approximate surface area is 185 Å². The lowest BCUT2D eigenvalue weighted by Crippen LogP contribution is -2.53. The molecule has 0 saturated carbocycles. The molecule has 2 rings (SSSR count). The minimum atomic E-state index is -3.23. The number of ether oxygens (including phenoxy) is 1. The molecule has 1 aromatic rings. The van der Waals surface area contributed by atoms with E-state index in [1.54, 1.807) is 0 Å². The lowest BCUT2D eigenvalue weighted by Gasteiger charge is -2.35. The SMILES string of the molecule is CCNC(=NCc1c(CC)noc1CC)NCC1(S(C)(=O)=O)CCOCC1.I. The van der Waals surface area contributed by atoms with Gasteiger partial charge in [-0.15, -0.1) is 24.0 Å². The monoisotopic (exact) mass is 528 g/mol. The van der Waals surface area contributed by atoms with Crippen LogP contribution < -0.4 is 10.6 Å². The van der Waals surface area contributed by atoms with Crippen LogP contribution in [0.5, 0.6) is 0 Å². The van der Waals surface area contributed by atoms with E-state index < -0.39 is 14.6 Å². The summed E-state index contributed by atoms with van der Waals surface area (Å²) >= 11 is 0. The topological polar surface area (TPSA) is 106 Å². The molecular formula is C18H33IN4O4S. The molecule has 10 heteroatoms. The Bertz CT molecular complexity index is 721. The normalized spacial score (nSPS) is 17.1. The van der Waals surface area contributed by atoms with E-state index >= 15 is 0 Å². The largest absolute Gasteiger partial charge is 0.381 e. The van der Waals surface area contributed by atoms with Crippen molar-refractivity contribution in [3.8, 4) is 0 Å². The molecule has 0 bridgehead atoms. The van der Waals surface area contributed by atoms with Crippen LogP contribution in [-0.4, -0.2) is 56.8 Å². The average molecular weight is 528 g/mol. The van der Waals surface area contributed by atoms with Crippen molar-refractivity contribution in [2.45, 2.75) is 57.7 Å². The van der Waals surface area contributed by atoms with Gasteiger partial charge >= 0.3 is 0 Å². The zero-order chi connectivity index (χ0) is 19.9. The number of hydrogen-bond acceptors (Lipinski definition) is 6. The van der Waals surface area contributed by atoms with Gasteiger partial charge in [-0.2, -0.15) is 0 Å². The van der Waals surface area contributed by atoms with Crippen LogP contribution in [0.3, 0.4) is 0 Å². The molecule has 1 fully saturated rings. The van der Waals surface area contributed by atoms with Crippen LogP contribution in [0.4, 0.5) is 0 Å². The third kappa shape index (κ3) is 6.06. The van der Waals surface area contributed by atoms with Crippen LogP contribution in [0.2, 0.25) is 0 Å². The Balaban J connectivity index is 0.00000392. The number of nitrogens with one attached hydrogen (secondary N) is 2. The second kappa shape index (κ2) is 11.3. The molecule has 0 spiro atoms. The molecule has 0 unspecified atom stereocenters. The van der Waals surface area contributed by atoms with Gasteiger partial charge in [0.2, 0.25) is 0 Å². The maximum atomic E-state index is 12.4. The van der Waals surface area contributed by atoms with Gasteiger partial charge in [-0.25, -0.2) is 13.4 Å². The molecule has 0 atom stereocenters. The van der Waals surface area contributed by atoms with Crippen molar-refractivity contribution in [2.24, 2.45) is 4.99 Å². The Hall–Kier alpha value is -0.880. The first-order chi connectivity index (χ1) is 12.9. The minimum Gasteiger partial charge on any atom is -0.381 e. The van der Waals surface area contributed by atoms with E-state index in [4.69, 9.17) is 9.26 Å². The van der Waals surface area contributed by atoms with Crippen molar-refractivity contribution in [3.63, 3.8) is 0 Å². The summed E-state index contributed by atoms with van der Waals surface area (Å²) in [4.78, 5) is 4.64. The lowest BCUT2D eigenvalue weighted by atomic mass is 9.99. The van der Waals surface area contributed by atoms with E-state index in [-0.39, 0.29) is 24.0 Å². The fourth-order valence-corrected chi connectivity index (χ4v) is 4.53. The molecule has 1 aliphatic rings. The van der Waals surface area contributed by atoms with Crippen LogP contribution in [-0.2, 0) is 34.0 Å². The number of guanidine groups is 1. The van der Waals surface area contributed by atoms with Crippen molar-refractivity contribution in [1.82, 2.24) is 15.8 Å². The molecule has 28 heavy (non-hydrogen) atoms. The Kier molecular flexibility index (Phi) is 10.2. The summed E-state index contributed by atoms with van der Waals surface area (Å²) in [5, 5.41) is 10.5. The second-order valence-corrected chi connectivity index (χ2v) is 9.26. The zero-order valence-electron chi connectivity index (χ0n) is 17.2. The van der Waals surface area contributed by atoms with Gasteiger partial charge in [0.05, 0.1) is 17.0 Å². The highest BCUT2D eigenvalue weighted by Gasteiger charge is 2.42. The smallest absolute Gasteiger partial charge is 0.191 e. The van der Waals surface area contributed by atoms with Gasteiger partial charge in [0, 0.05) is 44.5 Å². The van der Waals surface area contributed by atoms with Gasteiger partial charge in [0.1, 0.15) is 5.76 Å². The predicted molar refractivity (Wildman–Crippen MR) is 121 cm³/mol. The summed E-state index contributed by atoms with van der Waals surface area (Å²) < 4.78 is 34.8. The number of halogens is 1. The van der Waals surface area contributed by atoms with Crippen molar-refractivity contribution < 1.29 is 17.7 Å². The van der Waals surface area contributed by atoms with E-state index in [0.29, 0.717) is 51.6 Å². The number of hydrogen-bond donors (Lipinski definition) is 2. The molecule has 1 saturated heterocycles. The lowest BCUT2D eigenvalue weighted by molar-refractivity contribution is 0.0756. The van der Waals surface area contributed by atoms with Gasteiger partial charge in [-0.3, -0.25) is 0 Å². The molecular weight excluding hydrogens is 495 g/mol. The van der Waals surface area contributed by atoms with Crippen LogP contribution in [0.15, 0.2) is 9.52 Å². The second-order valence-electron chi connectivity index (χ2n) is 6.85. The third-order valence-electron chi connectivity index (χ3n) is 5.12. The van der Waals surface area contributed by atoms with E-state index in [9.17, 15) is 8.42 Å². The van der Waals surface area contributed by atoms with E-state index in [1.807, 2.05) is 20.8 Å². The van der Waals surface area contributed by atoms with Crippen molar-refractivity contribution in [1.29, 1.82) is 0 Å². The molecule has 8 nitrogen and oxygen atoms in total. The van der Waals surface area contributed by atoms with Gasteiger partial charge in [-0.1, -0.05) is 19.0 Å². The summed E-state index contributed by atoms with van der Waals surface area (Å²) in [5.41, 5.74) is 1.93. The minimum absolute atomic E-state index is 0. The maximum absolute atomic E-state index is 12.4. The highest BCUT2D eigenvalue weighted by atomic mass is 127. The fraction of sp³-hybridized carbons (Fsp3) is 0.778. The van der Waals surface area contributed by atoms with Crippen LogP contribution in [0.1, 0.15) is 50.6 Å². The average Bonchev–Trinajstić information content (AvgIpc) is 3.06. The quantitative estimate of drug-likeness (QED) is 0.302. The number of rotatable bonds is 8. The van der Waals surface area contributed by atoms with Crippen LogP contribution >= 0.6 is 24.0 Å². The molecule has 162 valence electrons. The molecule has 0 aliphatic carbocycles. The number of sulfone groups is 1. The Morgan fingerprint density at radius 3 is 2.39 bits per heavy atom. The number of aromatic nitrogens is 1. The Morgan fingerprint density at radius 2 is 1.86 bits per heavy atom. The fourth-order valence-electron chi connectivity index (χ4n) is 3.28. The summed E-state index contributed by atoms with van der Waals surface area (Å²) in [6.45, 7) is 8.41. The highest BCUT2D eigenvalue weighted by molar-refractivity contribution is 14.0. The molecule has 0 radical (unpaired) electrons. The third-order valence-corrected chi connectivity index (χ3v) is 7.24. The zero-order valence-corrected chi connectivity index (χ0v) is 20.4. The van der Waals surface area contributed by atoms with Crippen molar-refractivity contribution in [2.75, 3.05) is 32.6 Å². The first-order valence-corrected chi connectivity index (χ1v) is 11.5. The molecule has 1 aliphatic heterocycles. The van der Waals surface area contributed by atoms with Crippen molar-refractivity contribution in [3.05, 3.63) is 17.0 Å². The summed E-state index contributed by atoms with van der Waals surface area (Å²) in [6, 6.07) is 0. The number of aryl methyl sites for hydroxylation is 2. The molecule has 0 aromatic carbocycles. The van der Waals surface area contributed by atoms with Gasteiger partial charge in [0.25, 0.3) is 0 Å². The maximum Gasteiger partial charge on any atom is 0.191 e. The van der Waals surface area contributed by atoms with Gasteiger partial charge in [-0.05, 0) is 26.2 Å². The first kappa shape index (κ1) is 25.2. The summed E-state index contributed by atoms with van der Waals surface area (Å²) in [6.07, 6.45) is 3.84. The van der Waals surface area contributed by atoms with Crippen molar-refractivity contribution >= 4 is 39.8 Å². The van der Waals surface area contributed by atoms with E-state index in [2.05, 4.69) is 20.8 Å². The predicted octanol–water partition coefficient (Wildman–Crippen LogP) is 2.07. The summed E-state index contributed by atoms with van der Waals surface area (Å²) in [7, 11) is -3.23. The van der Waals surface area contributed by atoms with Crippen LogP contribution in [0.25, 0.3) is 0 Å². The first-order valence-electron chi connectivity index (χ1n) is 9.62. The van der Waals surface area contributed by atoms with Gasteiger partial charge < -0.3 is 19.9 Å². The Morgan fingerprint density at radius 1 is 1.18 bits per heavy atom. The van der Waals surface area contributed by atoms with Gasteiger partial charge in [0.15, 0.2) is 15.8 Å².